The molecule has 10 heavy (non-hydrogen) atoms. The minimum absolute atomic E-state index is 0.801. The van der Waals surface area contributed by atoms with E-state index in [1.807, 2.05) is 0 Å². The van der Waals surface area contributed by atoms with Crippen LogP contribution in [-0.4, -0.2) is 7.48 Å². The van der Waals surface area contributed by atoms with E-state index >= 15 is 0 Å². The standard InChI is InChI=1S/C8H9BO/c1-6-2-3-7-5-10-9-8(7)4-6/h2-4,9H,5H2,1H3. The van der Waals surface area contributed by atoms with Crippen molar-refractivity contribution in [3.63, 3.8) is 0 Å². The summed E-state index contributed by atoms with van der Waals surface area (Å²) >= 11 is 0. The molecule has 0 amide bonds. The Balaban J connectivity index is 2.52. The monoisotopic (exact) mass is 132 g/mol. The average Bonchev–Trinajstić information content (AvgIpc) is 2.33. The van der Waals surface area contributed by atoms with Crippen molar-refractivity contribution in [1.82, 2.24) is 0 Å². The molecule has 0 saturated heterocycles. The maximum absolute atomic E-state index is 5.27. The van der Waals surface area contributed by atoms with E-state index in [0.29, 0.717) is 0 Å². The molecule has 2 heteroatoms. The van der Waals surface area contributed by atoms with Crippen LogP contribution in [0.25, 0.3) is 0 Å². The van der Waals surface area contributed by atoms with Crippen LogP contribution in [0.1, 0.15) is 11.1 Å². The zero-order valence-corrected chi connectivity index (χ0v) is 6.05. The molecule has 50 valence electrons. The van der Waals surface area contributed by atoms with Gasteiger partial charge >= 0.3 is 7.48 Å². The number of fused-ring (bicyclic) bond motifs is 1. The smallest absolute Gasteiger partial charge is 0.309 e. The zero-order chi connectivity index (χ0) is 6.97. The van der Waals surface area contributed by atoms with Crippen molar-refractivity contribution in [2.45, 2.75) is 13.5 Å². The fraction of sp³-hybridized carbons (Fsp3) is 0.250. The van der Waals surface area contributed by atoms with Gasteiger partial charge in [-0.3, -0.25) is 0 Å². The third-order valence-electron chi connectivity index (χ3n) is 1.88. The molecule has 0 atom stereocenters. The van der Waals surface area contributed by atoms with E-state index < -0.39 is 0 Å². The largest absolute Gasteiger partial charge is 0.430 e. The van der Waals surface area contributed by atoms with Crippen LogP contribution >= 0.6 is 0 Å². The van der Waals surface area contributed by atoms with Crippen LogP contribution < -0.4 is 5.46 Å². The third kappa shape index (κ3) is 0.849. The molecule has 0 radical (unpaired) electrons. The van der Waals surface area contributed by atoms with Gasteiger partial charge in [0.1, 0.15) is 0 Å². The van der Waals surface area contributed by atoms with Gasteiger partial charge in [-0.25, -0.2) is 0 Å². The van der Waals surface area contributed by atoms with Crippen LogP contribution in [0.4, 0.5) is 0 Å². The van der Waals surface area contributed by atoms with Gasteiger partial charge in [0, 0.05) is 0 Å². The van der Waals surface area contributed by atoms with Gasteiger partial charge < -0.3 is 4.65 Å². The molecular formula is C8H9BO. The van der Waals surface area contributed by atoms with Crippen LogP contribution in [0.2, 0.25) is 0 Å². The molecule has 1 aromatic rings. The van der Waals surface area contributed by atoms with Crippen LogP contribution in [0.3, 0.4) is 0 Å². The first-order chi connectivity index (χ1) is 4.86. The molecule has 1 heterocycles. The maximum Gasteiger partial charge on any atom is 0.309 e. The first-order valence-corrected chi connectivity index (χ1v) is 3.52. The summed E-state index contributed by atoms with van der Waals surface area (Å²) < 4.78 is 5.27. The number of benzene rings is 1. The molecule has 1 aliphatic heterocycles. The highest BCUT2D eigenvalue weighted by Crippen LogP contribution is 2.06. The number of hydrogen-bond acceptors (Lipinski definition) is 1. The van der Waals surface area contributed by atoms with Crippen molar-refractivity contribution in [2.24, 2.45) is 0 Å². The van der Waals surface area contributed by atoms with Crippen LogP contribution in [-0.2, 0) is 11.3 Å². The molecule has 2 rings (SSSR count). The van der Waals surface area contributed by atoms with Crippen molar-refractivity contribution in [3.05, 3.63) is 29.3 Å². The first-order valence-electron chi connectivity index (χ1n) is 3.52. The SMILES string of the molecule is Cc1ccc2c(c1)BOC2. The van der Waals surface area contributed by atoms with Gasteiger partial charge in [-0.05, 0) is 17.9 Å². The lowest BCUT2D eigenvalue weighted by molar-refractivity contribution is 0.345. The Morgan fingerprint density at radius 3 is 3.30 bits per heavy atom. The van der Waals surface area contributed by atoms with E-state index in [4.69, 9.17) is 4.65 Å². The fourth-order valence-electron chi connectivity index (χ4n) is 1.30. The molecule has 0 fully saturated rings. The Bertz CT molecular complexity index is 257. The summed E-state index contributed by atoms with van der Waals surface area (Å²) in [6.45, 7) is 2.91. The Labute approximate surface area is 61.3 Å². The Morgan fingerprint density at radius 2 is 2.40 bits per heavy atom. The van der Waals surface area contributed by atoms with Gasteiger partial charge in [-0.15, -0.1) is 0 Å². The molecule has 0 aliphatic carbocycles. The summed E-state index contributed by atoms with van der Waals surface area (Å²) in [6, 6.07) is 6.48. The lowest BCUT2D eigenvalue weighted by Gasteiger charge is -1.96. The van der Waals surface area contributed by atoms with Crippen molar-refractivity contribution in [3.8, 4) is 0 Å². The van der Waals surface area contributed by atoms with E-state index in [2.05, 4.69) is 25.1 Å². The van der Waals surface area contributed by atoms with Crippen molar-refractivity contribution < 1.29 is 4.65 Å². The van der Waals surface area contributed by atoms with Gasteiger partial charge in [0.25, 0.3) is 0 Å². The van der Waals surface area contributed by atoms with E-state index in [1.54, 1.807) is 0 Å². The summed E-state index contributed by atoms with van der Waals surface area (Å²) in [5.74, 6) is 0. The summed E-state index contributed by atoms with van der Waals surface area (Å²) in [6.07, 6.45) is 0. The Kier molecular flexibility index (Phi) is 1.28. The molecule has 0 spiro atoms. The van der Waals surface area contributed by atoms with Crippen molar-refractivity contribution in [1.29, 1.82) is 0 Å². The lowest BCUT2D eigenvalue weighted by Crippen LogP contribution is -2.11. The second kappa shape index (κ2) is 2.13. The van der Waals surface area contributed by atoms with Gasteiger partial charge in [-0.1, -0.05) is 23.8 Å². The minimum Gasteiger partial charge on any atom is -0.430 e. The molecule has 0 saturated carbocycles. The molecule has 1 nitrogen and oxygen atoms in total. The zero-order valence-electron chi connectivity index (χ0n) is 6.05. The van der Waals surface area contributed by atoms with Crippen molar-refractivity contribution in [2.75, 3.05) is 0 Å². The highest BCUT2D eigenvalue weighted by atomic mass is 16.4. The molecule has 1 aliphatic rings. The molecule has 0 unspecified atom stereocenters. The van der Waals surface area contributed by atoms with E-state index in [9.17, 15) is 0 Å². The summed E-state index contributed by atoms with van der Waals surface area (Å²) in [7, 11) is 0.803. The number of hydrogen-bond donors (Lipinski definition) is 0. The number of aryl methyl sites for hydroxylation is 1. The molecule has 0 N–H and O–H groups in total. The molecule has 1 aromatic carbocycles. The van der Waals surface area contributed by atoms with E-state index in [-0.39, 0.29) is 0 Å². The summed E-state index contributed by atoms with van der Waals surface area (Å²) in [4.78, 5) is 0. The highest BCUT2D eigenvalue weighted by Gasteiger charge is 2.11. The van der Waals surface area contributed by atoms with Gasteiger partial charge in [0.2, 0.25) is 0 Å². The predicted octanol–water partition coefficient (Wildman–Crippen LogP) is 0.502. The van der Waals surface area contributed by atoms with Crippen molar-refractivity contribution >= 4 is 12.9 Å². The average molecular weight is 132 g/mol. The number of rotatable bonds is 0. The minimum atomic E-state index is 0.801. The highest BCUT2D eigenvalue weighted by molar-refractivity contribution is 6.48. The first kappa shape index (κ1) is 5.99. The van der Waals surface area contributed by atoms with E-state index in [0.717, 1.165) is 14.1 Å². The molecular weight excluding hydrogens is 123 g/mol. The van der Waals surface area contributed by atoms with Crippen LogP contribution in [0.15, 0.2) is 18.2 Å². The topological polar surface area (TPSA) is 9.23 Å². The Morgan fingerprint density at radius 1 is 1.50 bits per heavy atom. The molecule has 0 bridgehead atoms. The Hall–Kier alpha value is -0.755. The van der Waals surface area contributed by atoms with Crippen LogP contribution in [0, 0.1) is 6.92 Å². The summed E-state index contributed by atoms with van der Waals surface area (Å²) in [5.41, 5.74) is 4.04. The van der Waals surface area contributed by atoms with Crippen LogP contribution in [0.5, 0.6) is 0 Å². The lowest BCUT2D eigenvalue weighted by atomic mass is 9.86. The normalized spacial score (nSPS) is 14.5. The van der Waals surface area contributed by atoms with Gasteiger partial charge in [0.05, 0.1) is 6.61 Å². The third-order valence-corrected chi connectivity index (χ3v) is 1.88. The molecule has 0 aromatic heterocycles. The van der Waals surface area contributed by atoms with E-state index in [1.165, 1.54) is 16.6 Å². The van der Waals surface area contributed by atoms with Gasteiger partial charge in [-0.2, -0.15) is 0 Å². The predicted molar refractivity (Wildman–Crippen MR) is 42.8 cm³/mol. The fourth-order valence-corrected chi connectivity index (χ4v) is 1.30. The quantitative estimate of drug-likeness (QED) is 0.467. The summed E-state index contributed by atoms with van der Waals surface area (Å²) in [5, 5.41) is 0. The maximum atomic E-state index is 5.27. The second-order valence-electron chi connectivity index (χ2n) is 2.76. The second-order valence-corrected chi connectivity index (χ2v) is 2.76. The van der Waals surface area contributed by atoms with Gasteiger partial charge in [0.15, 0.2) is 0 Å².